The van der Waals surface area contributed by atoms with E-state index in [-0.39, 0.29) is 49.5 Å². The normalized spacial score (nSPS) is 13.8. The molecule has 38 heavy (non-hydrogen) atoms. The molecule has 3 N–H and O–H groups in total. The Hall–Kier alpha value is -2.94. The Kier molecular flexibility index (Phi) is 13.5. The lowest BCUT2D eigenvalue weighted by Crippen LogP contribution is -2.52. The molecule has 214 valence electrons. The van der Waals surface area contributed by atoms with Crippen LogP contribution in [-0.4, -0.2) is 40.6 Å². The predicted octanol–water partition coefficient (Wildman–Crippen LogP) is 5.06. The number of ether oxygens (including phenoxy) is 3. The summed E-state index contributed by atoms with van der Waals surface area (Å²) in [5.74, 6) is -1.79. The molecule has 1 rings (SSSR count). The van der Waals surface area contributed by atoms with Crippen LogP contribution < -0.4 is 15.2 Å². The van der Waals surface area contributed by atoms with Crippen LogP contribution in [0.2, 0.25) is 0 Å². The van der Waals surface area contributed by atoms with Crippen LogP contribution in [0.4, 0.5) is 0 Å². The van der Waals surface area contributed by atoms with Crippen molar-refractivity contribution in [1.29, 1.82) is 0 Å². The van der Waals surface area contributed by atoms with Gasteiger partial charge in [-0.15, -0.1) is 0 Å². The number of carbonyl (C=O) groups is 4. The predicted molar refractivity (Wildman–Crippen MR) is 144 cm³/mol. The van der Waals surface area contributed by atoms with E-state index in [9.17, 15) is 24.3 Å². The van der Waals surface area contributed by atoms with Gasteiger partial charge in [0.25, 0.3) is 0 Å². The zero-order valence-corrected chi connectivity index (χ0v) is 23.9. The number of aliphatic carboxylic acids is 1. The topological polar surface area (TPSA) is 142 Å². The monoisotopic (exact) mass is 535 g/mol. The molecule has 0 amide bonds. The van der Waals surface area contributed by atoms with Gasteiger partial charge in [0.05, 0.1) is 0 Å². The van der Waals surface area contributed by atoms with E-state index < -0.39 is 35.5 Å². The van der Waals surface area contributed by atoms with Crippen LogP contribution >= 0.6 is 0 Å². The standard InChI is InChI=1S/C29H45NO8/c1-18(2)8-12-25(31)37-23-11-10-22(15-24(23)38-26(32)13-9-19(3)4)17-29(30,28(34)35)16-21(7)36-27(33)14-20(5)6/h10-11,15,18-21H,8-9,12-14,16-17,30H2,1-7H3,(H,34,35)/t21-,29?/m0/s1. The average molecular weight is 536 g/mol. The van der Waals surface area contributed by atoms with Gasteiger partial charge in [0, 0.05) is 32.1 Å². The molecule has 0 aliphatic carbocycles. The highest BCUT2D eigenvalue weighted by Gasteiger charge is 2.37. The summed E-state index contributed by atoms with van der Waals surface area (Å²) in [6.45, 7) is 13.3. The van der Waals surface area contributed by atoms with Crippen molar-refractivity contribution in [2.45, 2.75) is 105 Å². The molecule has 0 aliphatic rings. The quantitative estimate of drug-likeness (QED) is 0.219. The summed E-state index contributed by atoms with van der Waals surface area (Å²) in [7, 11) is 0. The Bertz CT molecular complexity index is 956. The van der Waals surface area contributed by atoms with Gasteiger partial charge in [-0.3, -0.25) is 19.2 Å². The summed E-state index contributed by atoms with van der Waals surface area (Å²) in [4.78, 5) is 49.0. The minimum atomic E-state index is -1.76. The molecule has 9 nitrogen and oxygen atoms in total. The van der Waals surface area contributed by atoms with Gasteiger partial charge in [0.1, 0.15) is 11.6 Å². The fraction of sp³-hybridized carbons (Fsp3) is 0.655. The lowest BCUT2D eigenvalue weighted by atomic mass is 9.86. The third-order valence-corrected chi connectivity index (χ3v) is 5.81. The molecule has 1 unspecified atom stereocenters. The second-order valence-electron chi connectivity index (χ2n) is 11.3. The molecular formula is C29H45NO8. The maximum Gasteiger partial charge on any atom is 0.324 e. The van der Waals surface area contributed by atoms with E-state index in [1.165, 1.54) is 12.1 Å². The first-order valence-electron chi connectivity index (χ1n) is 13.4. The van der Waals surface area contributed by atoms with Crippen molar-refractivity contribution < 1.29 is 38.5 Å². The molecule has 0 aromatic heterocycles. The molecule has 0 saturated heterocycles. The van der Waals surface area contributed by atoms with Crippen molar-refractivity contribution in [1.82, 2.24) is 0 Å². The Morgan fingerprint density at radius 1 is 0.816 bits per heavy atom. The molecule has 0 bridgehead atoms. The van der Waals surface area contributed by atoms with Gasteiger partial charge in [-0.1, -0.05) is 47.6 Å². The van der Waals surface area contributed by atoms with Crippen molar-refractivity contribution in [2.24, 2.45) is 23.5 Å². The fourth-order valence-electron chi connectivity index (χ4n) is 3.75. The van der Waals surface area contributed by atoms with Crippen molar-refractivity contribution in [3.63, 3.8) is 0 Å². The Labute approximate surface area is 226 Å². The maximum absolute atomic E-state index is 12.5. The molecule has 0 radical (unpaired) electrons. The highest BCUT2D eigenvalue weighted by Crippen LogP contribution is 2.32. The van der Waals surface area contributed by atoms with E-state index in [1.807, 2.05) is 41.5 Å². The van der Waals surface area contributed by atoms with Crippen molar-refractivity contribution >= 4 is 23.9 Å². The second kappa shape index (κ2) is 15.5. The van der Waals surface area contributed by atoms with E-state index in [1.54, 1.807) is 13.0 Å². The zero-order chi connectivity index (χ0) is 29.0. The van der Waals surface area contributed by atoms with Crippen LogP contribution in [0.1, 0.15) is 92.6 Å². The molecule has 0 heterocycles. The van der Waals surface area contributed by atoms with E-state index in [0.717, 1.165) is 0 Å². The first kappa shape index (κ1) is 33.1. The Morgan fingerprint density at radius 3 is 1.82 bits per heavy atom. The van der Waals surface area contributed by atoms with Gasteiger partial charge in [0.2, 0.25) is 0 Å². The summed E-state index contributed by atoms with van der Waals surface area (Å²) in [6.07, 6.45) is 0.897. The highest BCUT2D eigenvalue weighted by molar-refractivity contribution is 5.80. The molecular weight excluding hydrogens is 490 g/mol. The second-order valence-corrected chi connectivity index (χ2v) is 11.3. The Balaban J connectivity index is 3.15. The van der Waals surface area contributed by atoms with E-state index in [2.05, 4.69) is 0 Å². The number of carboxylic acid groups (broad SMARTS) is 1. The van der Waals surface area contributed by atoms with E-state index >= 15 is 0 Å². The molecule has 2 atom stereocenters. The van der Waals surface area contributed by atoms with Crippen LogP contribution in [0.25, 0.3) is 0 Å². The summed E-state index contributed by atoms with van der Waals surface area (Å²) < 4.78 is 16.4. The van der Waals surface area contributed by atoms with Crippen molar-refractivity contribution in [2.75, 3.05) is 0 Å². The van der Waals surface area contributed by atoms with Gasteiger partial charge in [-0.25, -0.2) is 0 Å². The van der Waals surface area contributed by atoms with E-state index in [0.29, 0.717) is 30.2 Å². The SMILES string of the molecule is CC(C)CCC(=O)Oc1ccc(CC(N)(C[C@H](C)OC(=O)CC(C)C)C(=O)O)cc1OC(=O)CCC(C)C. The smallest absolute Gasteiger partial charge is 0.324 e. The van der Waals surface area contributed by atoms with Gasteiger partial charge >= 0.3 is 23.9 Å². The van der Waals surface area contributed by atoms with Gasteiger partial charge in [-0.2, -0.15) is 0 Å². The maximum atomic E-state index is 12.5. The molecule has 0 spiro atoms. The van der Waals surface area contributed by atoms with Crippen LogP contribution in [0.5, 0.6) is 11.5 Å². The van der Waals surface area contributed by atoms with Crippen molar-refractivity contribution in [3.05, 3.63) is 23.8 Å². The Morgan fingerprint density at radius 2 is 1.34 bits per heavy atom. The number of hydrogen-bond donors (Lipinski definition) is 2. The third kappa shape index (κ3) is 12.5. The lowest BCUT2D eigenvalue weighted by molar-refractivity contribution is -0.154. The number of benzene rings is 1. The summed E-state index contributed by atoms with van der Waals surface area (Å²) in [5, 5.41) is 9.92. The average Bonchev–Trinajstić information content (AvgIpc) is 2.77. The summed E-state index contributed by atoms with van der Waals surface area (Å²) in [6, 6.07) is 4.52. The van der Waals surface area contributed by atoms with Crippen LogP contribution in [0.15, 0.2) is 18.2 Å². The first-order valence-corrected chi connectivity index (χ1v) is 13.4. The number of nitrogens with two attached hydrogens (primary N) is 1. The largest absolute Gasteiger partial charge is 0.480 e. The van der Waals surface area contributed by atoms with E-state index in [4.69, 9.17) is 19.9 Å². The third-order valence-electron chi connectivity index (χ3n) is 5.81. The van der Waals surface area contributed by atoms with Crippen LogP contribution in [-0.2, 0) is 30.3 Å². The molecule has 1 aromatic rings. The molecule has 0 saturated carbocycles. The lowest BCUT2D eigenvalue weighted by Gasteiger charge is -2.28. The molecule has 1 aromatic carbocycles. The molecule has 0 fully saturated rings. The first-order chi connectivity index (χ1) is 17.6. The summed E-state index contributed by atoms with van der Waals surface area (Å²) in [5.41, 5.74) is 4.99. The summed E-state index contributed by atoms with van der Waals surface area (Å²) >= 11 is 0. The van der Waals surface area contributed by atoms with Gasteiger partial charge in [-0.05, 0) is 55.2 Å². The van der Waals surface area contributed by atoms with Crippen LogP contribution in [0, 0.1) is 17.8 Å². The van der Waals surface area contributed by atoms with Crippen LogP contribution in [0.3, 0.4) is 0 Å². The zero-order valence-electron chi connectivity index (χ0n) is 23.9. The minimum Gasteiger partial charge on any atom is -0.480 e. The molecule has 0 aliphatic heterocycles. The van der Waals surface area contributed by atoms with Gasteiger partial charge in [0.15, 0.2) is 11.5 Å². The highest BCUT2D eigenvalue weighted by atomic mass is 16.6. The number of carbonyl (C=O) groups excluding carboxylic acids is 3. The number of esters is 3. The van der Waals surface area contributed by atoms with Gasteiger partial charge < -0.3 is 25.1 Å². The number of carboxylic acids is 1. The number of rotatable bonds is 16. The molecule has 9 heteroatoms. The number of hydrogen-bond acceptors (Lipinski definition) is 8. The fourth-order valence-corrected chi connectivity index (χ4v) is 3.75. The van der Waals surface area contributed by atoms with Crippen molar-refractivity contribution in [3.8, 4) is 11.5 Å². The minimum absolute atomic E-state index is 0.0262.